The van der Waals surface area contributed by atoms with Crippen molar-refractivity contribution in [1.82, 2.24) is 9.13 Å². The molecule has 1 unspecified atom stereocenters. The van der Waals surface area contributed by atoms with E-state index in [1.807, 2.05) is 24.3 Å². The van der Waals surface area contributed by atoms with Crippen LogP contribution in [0.4, 0.5) is 0 Å². The van der Waals surface area contributed by atoms with Crippen molar-refractivity contribution >= 4 is 0 Å². The second-order valence-electron chi connectivity index (χ2n) is 4.85. The molecular formula is C15H20N2O2. The van der Waals surface area contributed by atoms with Gasteiger partial charge < -0.3 is 9.67 Å². The fraction of sp³-hybridized carbons (Fsp3) is 0.400. The normalized spacial score (nSPS) is 12.6. The number of hydrogen-bond donors (Lipinski definition) is 1. The van der Waals surface area contributed by atoms with Crippen LogP contribution in [0.2, 0.25) is 0 Å². The van der Waals surface area contributed by atoms with Crippen LogP contribution in [-0.4, -0.2) is 14.2 Å². The topological polar surface area (TPSA) is 47.2 Å². The summed E-state index contributed by atoms with van der Waals surface area (Å²) in [6, 6.07) is 7.94. The molecule has 1 aromatic carbocycles. The van der Waals surface area contributed by atoms with Crippen LogP contribution in [0.15, 0.2) is 41.5 Å². The predicted octanol–water partition coefficient (Wildman–Crippen LogP) is 1.87. The van der Waals surface area contributed by atoms with Gasteiger partial charge in [0, 0.05) is 19.4 Å². The Morgan fingerprint density at radius 2 is 1.89 bits per heavy atom. The van der Waals surface area contributed by atoms with Gasteiger partial charge in [-0.05, 0) is 17.5 Å². The SMILES string of the molecule is CCCc1ccc(C(O)Cn2ccn(C)c2=O)cc1. The molecule has 0 spiro atoms. The molecule has 0 aliphatic rings. The molecule has 4 heteroatoms. The maximum Gasteiger partial charge on any atom is 0.327 e. The zero-order valence-corrected chi connectivity index (χ0v) is 11.4. The Kier molecular flexibility index (Phi) is 4.22. The molecule has 0 bridgehead atoms. The molecule has 0 saturated heterocycles. The van der Waals surface area contributed by atoms with Crippen LogP contribution in [-0.2, 0) is 20.0 Å². The Labute approximate surface area is 112 Å². The van der Waals surface area contributed by atoms with Gasteiger partial charge in [-0.2, -0.15) is 0 Å². The molecule has 0 amide bonds. The van der Waals surface area contributed by atoms with Gasteiger partial charge >= 0.3 is 5.69 Å². The Morgan fingerprint density at radius 3 is 2.42 bits per heavy atom. The van der Waals surface area contributed by atoms with Crippen molar-refractivity contribution in [3.63, 3.8) is 0 Å². The highest BCUT2D eigenvalue weighted by molar-refractivity contribution is 5.24. The summed E-state index contributed by atoms with van der Waals surface area (Å²) in [4.78, 5) is 11.7. The molecule has 1 atom stereocenters. The summed E-state index contributed by atoms with van der Waals surface area (Å²) < 4.78 is 3.02. The third-order valence-corrected chi connectivity index (χ3v) is 3.29. The van der Waals surface area contributed by atoms with Crippen LogP contribution >= 0.6 is 0 Å². The highest BCUT2D eigenvalue weighted by Gasteiger charge is 2.10. The van der Waals surface area contributed by atoms with Crippen LogP contribution in [0.3, 0.4) is 0 Å². The van der Waals surface area contributed by atoms with E-state index < -0.39 is 6.10 Å². The summed E-state index contributed by atoms with van der Waals surface area (Å²) >= 11 is 0. The van der Waals surface area contributed by atoms with E-state index in [0.29, 0.717) is 0 Å². The third kappa shape index (κ3) is 3.15. The Morgan fingerprint density at radius 1 is 1.21 bits per heavy atom. The van der Waals surface area contributed by atoms with E-state index in [0.717, 1.165) is 18.4 Å². The minimum Gasteiger partial charge on any atom is -0.387 e. The summed E-state index contributed by atoms with van der Waals surface area (Å²) in [7, 11) is 1.70. The molecule has 0 saturated carbocycles. The third-order valence-electron chi connectivity index (χ3n) is 3.29. The second kappa shape index (κ2) is 5.89. The molecule has 19 heavy (non-hydrogen) atoms. The van der Waals surface area contributed by atoms with Gasteiger partial charge in [0.15, 0.2) is 0 Å². The highest BCUT2D eigenvalue weighted by atomic mass is 16.3. The van der Waals surface area contributed by atoms with Gasteiger partial charge in [0.05, 0.1) is 12.6 Å². The van der Waals surface area contributed by atoms with E-state index in [9.17, 15) is 9.90 Å². The number of aromatic nitrogens is 2. The molecule has 0 radical (unpaired) electrons. The largest absolute Gasteiger partial charge is 0.387 e. The first-order valence-electron chi connectivity index (χ1n) is 6.60. The summed E-state index contributed by atoms with van der Waals surface area (Å²) in [5.74, 6) is 0. The molecule has 2 aromatic rings. The monoisotopic (exact) mass is 260 g/mol. The molecule has 0 fully saturated rings. The van der Waals surface area contributed by atoms with Crippen LogP contribution in [0, 0.1) is 0 Å². The Bertz CT molecular complexity index is 581. The number of rotatable bonds is 5. The fourth-order valence-corrected chi connectivity index (χ4v) is 2.14. The zero-order valence-electron chi connectivity index (χ0n) is 11.4. The first-order valence-corrected chi connectivity index (χ1v) is 6.60. The van der Waals surface area contributed by atoms with Gasteiger partial charge in [-0.1, -0.05) is 37.6 Å². The summed E-state index contributed by atoms with van der Waals surface area (Å²) in [6.45, 7) is 2.43. The van der Waals surface area contributed by atoms with Crippen LogP contribution in [0.5, 0.6) is 0 Å². The van der Waals surface area contributed by atoms with Crippen molar-refractivity contribution in [1.29, 1.82) is 0 Å². The molecule has 102 valence electrons. The van der Waals surface area contributed by atoms with Gasteiger partial charge in [-0.3, -0.25) is 4.57 Å². The van der Waals surface area contributed by atoms with Crippen molar-refractivity contribution in [3.8, 4) is 0 Å². The molecule has 1 aromatic heterocycles. The molecule has 2 rings (SSSR count). The molecule has 1 N–H and O–H groups in total. The predicted molar refractivity (Wildman–Crippen MR) is 75.1 cm³/mol. The maximum absolute atomic E-state index is 11.7. The zero-order chi connectivity index (χ0) is 13.8. The van der Waals surface area contributed by atoms with Crippen molar-refractivity contribution in [2.45, 2.75) is 32.4 Å². The number of aryl methyl sites for hydroxylation is 2. The number of benzene rings is 1. The fourth-order valence-electron chi connectivity index (χ4n) is 2.14. The second-order valence-corrected chi connectivity index (χ2v) is 4.85. The minimum atomic E-state index is -0.657. The maximum atomic E-state index is 11.7. The van der Waals surface area contributed by atoms with Gasteiger partial charge in [0.25, 0.3) is 0 Å². The Balaban J connectivity index is 2.09. The van der Waals surface area contributed by atoms with Crippen molar-refractivity contribution < 1.29 is 5.11 Å². The summed E-state index contributed by atoms with van der Waals surface area (Å²) in [5, 5.41) is 10.2. The standard InChI is InChI=1S/C15H20N2O2/c1-3-4-12-5-7-13(8-6-12)14(18)11-17-10-9-16(2)15(17)19/h5-10,14,18H,3-4,11H2,1-2H3. The van der Waals surface area contributed by atoms with Crippen molar-refractivity contribution in [3.05, 3.63) is 58.3 Å². The number of aliphatic hydroxyl groups is 1. The van der Waals surface area contributed by atoms with E-state index in [1.165, 1.54) is 14.7 Å². The number of hydrogen-bond acceptors (Lipinski definition) is 2. The molecular weight excluding hydrogens is 240 g/mol. The van der Waals surface area contributed by atoms with Crippen LogP contribution in [0.25, 0.3) is 0 Å². The molecule has 1 heterocycles. The first-order chi connectivity index (χ1) is 9.11. The van der Waals surface area contributed by atoms with Gasteiger partial charge in [-0.25, -0.2) is 4.79 Å². The van der Waals surface area contributed by atoms with Crippen LogP contribution < -0.4 is 5.69 Å². The number of nitrogens with zero attached hydrogens (tertiary/aromatic N) is 2. The van der Waals surface area contributed by atoms with Crippen molar-refractivity contribution in [2.75, 3.05) is 0 Å². The van der Waals surface area contributed by atoms with Gasteiger partial charge in [0.1, 0.15) is 0 Å². The smallest absolute Gasteiger partial charge is 0.327 e. The van der Waals surface area contributed by atoms with E-state index in [4.69, 9.17) is 0 Å². The van der Waals surface area contributed by atoms with Crippen LogP contribution in [0.1, 0.15) is 30.6 Å². The highest BCUT2D eigenvalue weighted by Crippen LogP contribution is 2.16. The van der Waals surface area contributed by atoms with E-state index >= 15 is 0 Å². The minimum absolute atomic E-state index is 0.110. The lowest BCUT2D eigenvalue weighted by Gasteiger charge is -2.12. The lowest BCUT2D eigenvalue weighted by atomic mass is 10.0. The molecule has 4 nitrogen and oxygen atoms in total. The number of aliphatic hydroxyl groups excluding tert-OH is 1. The Hall–Kier alpha value is -1.81. The number of imidazole rings is 1. The van der Waals surface area contributed by atoms with E-state index in [2.05, 4.69) is 6.92 Å². The summed E-state index contributed by atoms with van der Waals surface area (Å²) in [6.07, 6.45) is 4.89. The summed E-state index contributed by atoms with van der Waals surface area (Å²) in [5.41, 5.74) is 2.01. The van der Waals surface area contributed by atoms with E-state index in [-0.39, 0.29) is 12.2 Å². The first kappa shape index (κ1) is 13.6. The van der Waals surface area contributed by atoms with Gasteiger partial charge in [0.2, 0.25) is 0 Å². The lowest BCUT2D eigenvalue weighted by Crippen LogP contribution is -2.24. The average Bonchev–Trinajstić information content (AvgIpc) is 2.72. The van der Waals surface area contributed by atoms with Gasteiger partial charge in [-0.15, -0.1) is 0 Å². The molecule has 0 aliphatic carbocycles. The van der Waals surface area contributed by atoms with E-state index in [1.54, 1.807) is 19.4 Å². The van der Waals surface area contributed by atoms with Crippen molar-refractivity contribution in [2.24, 2.45) is 7.05 Å². The quantitative estimate of drug-likeness (QED) is 0.892. The molecule has 0 aliphatic heterocycles. The average molecular weight is 260 g/mol. The lowest BCUT2D eigenvalue weighted by molar-refractivity contribution is 0.155.